The number of imide groups is 1. The molecule has 6 nitrogen and oxygen atoms in total. The molecule has 0 spiro atoms. The fraction of sp³-hybridized carbons (Fsp3) is 0. The summed E-state index contributed by atoms with van der Waals surface area (Å²) >= 11 is 0. The fourth-order valence-electron chi connectivity index (χ4n) is 2.80. The smallest absolute Gasteiger partial charge is 0.344 e. The summed E-state index contributed by atoms with van der Waals surface area (Å²) < 4.78 is 4.92. The Hall–Kier alpha value is -3.54. The Morgan fingerprint density at radius 1 is 0.833 bits per heavy atom. The van der Waals surface area contributed by atoms with Crippen molar-refractivity contribution in [2.45, 2.75) is 0 Å². The number of amides is 2. The zero-order chi connectivity index (χ0) is 17.0. The maximum Gasteiger partial charge on any atom is 0.344 e. The van der Waals surface area contributed by atoms with E-state index in [1.165, 1.54) is 24.3 Å². The molecule has 2 aromatic carbocycles. The van der Waals surface area contributed by atoms with Gasteiger partial charge in [-0.3, -0.25) is 19.7 Å². The number of esters is 1. The summed E-state index contributed by atoms with van der Waals surface area (Å²) in [7, 11) is 0. The zero-order valence-electron chi connectivity index (χ0n) is 12.2. The van der Waals surface area contributed by atoms with E-state index in [9.17, 15) is 19.2 Å². The first kappa shape index (κ1) is 14.1. The molecule has 0 saturated heterocycles. The van der Waals surface area contributed by atoms with Crippen molar-refractivity contribution in [3.63, 3.8) is 0 Å². The van der Waals surface area contributed by atoms with Crippen LogP contribution in [0.2, 0.25) is 0 Å². The second-order valence-corrected chi connectivity index (χ2v) is 5.45. The number of hydrogen-bond acceptors (Lipinski definition) is 5. The van der Waals surface area contributed by atoms with E-state index in [0.29, 0.717) is 5.56 Å². The van der Waals surface area contributed by atoms with Crippen molar-refractivity contribution in [1.29, 1.82) is 0 Å². The predicted molar refractivity (Wildman–Crippen MR) is 82.6 cm³/mol. The summed E-state index contributed by atoms with van der Waals surface area (Å²) in [5, 5.41) is 2.17. The zero-order valence-corrected chi connectivity index (χ0v) is 12.2. The Morgan fingerprint density at radius 2 is 1.42 bits per heavy atom. The van der Waals surface area contributed by atoms with Gasteiger partial charge in [0.05, 0.1) is 16.7 Å². The van der Waals surface area contributed by atoms with Crippen LogP contribution in [0, 0.1) is 0 Å². The minimum Gasteiger partial charge on any atom is -0.423 e. The Kier molecular flexibility index (Phi) is 2.77. The molecule has 24 heavy (non-hydrogen) atoms. The minimum absolute atomic E-state index is 0.166. The average Bonchev–Trinajstić information content (AvgIpc) is 3.02. The van der Waals surface area contributed by atoms with Gasteiger partial charge in [0, 0.05) is 16.7 Å². The van der Waals surface area contributed by atoms with Crippen molar-refractivity contribution < 1.29 is 23.9 Å². The second kappa shape index (κ2) is 4.73. The molecule has 2 aromatic rings. The Morgan fingerprint density at radius 3 is 2.12 bits per heavy atom. The monoisotopic (exact) mass is 319 g/mol. The van der Waals surface area contributed by atoms with Gasteiger partial charge in [-0.1, -0.05) is 18.7 Å². The fourth-order valence-corrected chi connectivity index (χ4v) is 2.80. The van der Waals surface area contributed by atoms with Gasteiger partial charge in [0.2, 0.25) is 0 Å². The highest BCUT2D eigenvalue weighted by molar-refractivity contribution is 6.22. The number of fused-ring (bicyclic) bond motifs is 2. The third-order valence-corrected chi connectivity index (χ3v) is 4.02. The Labute approximate surface area is 135 Å². The number of ether oxygens (including phenoxy) is 1. The molecular weight excluding hydrogens is 310 g/mol. The van der Waals surface area contributed by atoms with Crippen LogP contribution >= 0.6 is 0 Å². The van der Waals surface area contributed by atoms with Gasteiger partial charge >= 0.3 is 5.97 Å². The minimum atomic E-state index is -0.552. The van der Waals surface area contributed by atoms with Gasteiger partial charge in [-0.2, -0.15) is 0 Å². The van der Waals surface area contributed by atoms with Crippen molar-refractivity contribution in [2.75, 3.05) is 0 Å². The van der Waals surface area contributed by atoms with Crippen LogP contribution in [0.4, 0.5) is 0 Å². The summed E-state index contributed by atoms with van der Waals surface area (Å²) in [5.41, 5.74) is 1.77. The molecule has 0 radical (unpaired) electrons. The molecule has 2 amide bonds. The van der Waals surface area contributed by atoms with Crippen LogP contribution in [0.15, 0.2) is 43.0 Å². The molecule has 0 unspecified atom stereocenters. The van der Waals surface area contributed by atoms with Crippen LogP contribution in [-0.2, 0) is 4.74 Å². The average molecular weight is 319 g/mol. The van der Waals surface area contributed by atoms with E-state index in [2.05, 4.69) is 11.9 Å². The lowest BCUT2D eigenvalue weighted by molar-refractivity contribution is 0.0715. The third-order valence-electron chi connectivity index (χ3n) is 4.02. The van der Waals surface area contributed by atoms with Crippen molar-refractivity contribution in [3.05, 3.63) is 76.4 Å². The molecule has 0 aromatic heterocycles. The summed E-state index contributed by atoms with van der Waals surface area (Å²) in [4.78, 5) is 47.6. The summed E-state index contributed by atoms with van der Waals surface area (Å²) in [6, 6.07) is 8.89. The molecule has 6 heteroatoms. The number of carbonyl (C=O) groups excluding carboxylic acids is 4. The maximum absolute atomic E-state index is 12.6. The molecule has 2 aliphatic rings. The second-order valence-electron chi connectivity index (χ2n) is 5.45. The first-order chi connectivity index (χ1) is 11.5. The predicted octanol–water partition coefficient (Wildman–Crippen LogP) is 1.94. The largest absolute Gasteiger partial charge is 0.423 e. The van der Waals surface area contributed by atoms with E-state index < -0.39 is 17.8 Å². The van der Waals surface area contributed by atoms with Gasteiger partial charge in [-0.05, 0) is 24.3 Å². The molecule has 1 N–H and O–H groups in total. The standard InChI is InChI=1S/C18H9NO5/c1-8-11-4-2-10(7-14(11)18(23)24-8)15(20)9-3-5-12-13(6-9)17(22)19-16(12)21/h2-7H,1H2,(H,19,21,22). The highest BCUT2D eigenvalue weighted by Gasteiger charge is 2.29. The van der Waals surface area contributed by atoms with Gasteiger partial charge < -0.3 is 4.74 Å². The van der Waals surface area contributed by atoms with Crippen LogP contribution < -0.4 is 5.32 Å². The van der Waals surface area contributed by atoms with Crippen molar-refractivity contribution in [1.82, 2.24) is 5.32 Å². The molecular formula is C18H9NO5. The molecule has 116 valence electrons. The quantitative estimate of drug-likeness (QED) is 0.519. The van der Waals surface area contributed by atoms with Crippen molar-refractivity contribution in [3.8, 4) is 0 Å². The Balaban J connectivity index is 1.76. The maximum atomic E-state index is 12.6. The summed E-state index contributed by atoms with van der Waals surface area (Å²) in [6.07, 6.45) is 0. The number of ketones is 1. The van der Waals surface area contributed by atoms with E-state index in [0.717, 1.165) is 0 Å². The lowest BCUT2D eigenvalue weighted by Crippen LogP contribution is -2.19. The van der Waals surface area contributed by atoms with Crippen LogP contribution in [0.25, 0.3) is 5.76 Å². The third kappa shape index (κ3) is 1.90. The normalized spacial score (nSPS) is 15.0. The molecule has 2 aliphatic heterocycles. The van der Waals surface area contributed by atoms with E-state index in [1.54, 1.807) is 12.1 Å². The van der Waals surface area contributed by atoms with E-state index >= 15 is 0 Å². The van der Waals surface area contributed by atoms with Gasteiger partial charge in [0.25, 0.3) is 11.8 Å². The lowest BCUT2D eigenvalue weighted by atomic mass is 9.96. The number of nitrogens with one attached hydrogen (secondary N) is 1. The first-order valence-corrected chi connectivity index (χ1v) is 7.05. The van der Waals surface area contributed by atoms with Gasteiger partial charge in [-0.25, -0.2) is 4.79 Å². The number of rotatable bonds is 2. The number of benzene rings is 2. The molecule has 0 fully saturated rings. The molecule has 0 aliphatic carbocycles. The number of cyclic esters (lactones) is 1. The Bertz CT molecular complexity index is 923. The molecule has 2 heterocycles. The van der Waals surface area contributed by atoms with Gasteiger partial charge in [-0.15, -0.1) is 0 Å². The van der Waals surface area contributed by atoms with Crippen LogP contribution in [0.5, 0.6) is 0 Å². The van der Waals surface area contributed by atoms with Gasteiger partial charge in [0.1, 0.15) is 5.76 Å². The van der Waals surface area contributed by atoms with E-state index in [1.807, 2.05) is 0 Å². The topological polar surface area (TPSA) is 89.5 Å². The first-order valence-electron chi connectivity index (χ1n) is 7.05. The summed E-state index contributed by atoms with van der Waals surface area (Å²) in [5.74, 6) is -1.67. The van der Waals surface area contributed by atoms with Gasteiger partial charge in [0.15, 0.2) is 5.78 Å². The van der Waals surface area contributed by atoms with Crippen molar-refractivity contribution in [2.24, 2.45) is 0 Å². The van der Waals surface area contributed by atoms with Crippen LogP contribution in [0.3, 0.4) is 0 Å². The molecule has 0 saturated carbocycles. The highest BCUT2D eigenvalue weighted by Crippen LogP contribution is 2.29. The summed E-state index contributed by atoms with van der Waals surface area (Å²) in [6.45, 7) is 3.63. The lowest BCUT2D eigenvalue weighted by Gasteiger charge is -2.04. The SMILES string of the molecule is C=C1OC(=O)c2cc(C(=O)c3ccc4c(c3)C(=O)NC4=O)ccc21. The van der Waals surface area contributed by atoms with Crippen molar-refractivity contribution >= 4 is 29.3 Å². The van der Waals surface area contributed by atoms with E-state index in [-0.39, 0.29) is 39.4 Å². The molecule has 4 rings (SSSR count). The van der Waals surface area contributed by atoms with Crippen LogP contribution in [0.1, 0.15) is 52.6 Å². The number of carbonyl (C=O) groups is 4. The van der Waals surface area contributed by atoms with E-state index in [4.69, 9.17) is 4.74 Å². The van der Waals surface area contributed by atoms with Crippen LogP contribution in [-0.4, -0.2) is 23.6 Å². The molecule has 0 bridgehead atoms. The highest BCUT2D eigenvalue weighted by atomic mass is 16.5. The number of hydrogen-bond donors (Lipinski definition) is 1. The molecule has 0 atom stereocenters.